The van der Waals surface area contributed by atoms with E-state index in [1.807, 2.05) is 7.05 Å². The first kappa shape index (κ1) is 15.8. The lowest BCUT2D eigenvalue weighted by atomic mass is 10.2. The minimum absolute atomic E-state index is 0.211. The van der Waals surface area contributed by atoms with Crippen LogP contribution in [-0.2, 0) is 4.74 Å². The highest BCUT2D eigenvalue weighted by molar-refractivity contribution is 6.36. The van der Waals surface area contributed by atoms with Crippen LogP contribution in [0.3, 0.4) is 0 Å². The Kier molecular flexibility index (Phi) is 6.62. The van der Waals surface area contributed by atoms with Gasteiger partial charge < -0.3 is 20.7 Å². The van der Waals surface area contributed by atoms with Crippen LogP contribution in [0, 0.1) is 0 Å². The zero-order valence-corrected chi connectivity index (χ0v) is 12.0. The van der Waals surface area contributed by atoms with E-state index >= 15 is 0 Å². The van der Waals surface area contributed by atoms with E-state index in [1.165, 1.54) is 0 Å². The van der Waals surface area contributed by atoms with Gasteiger partial charge in [-0.1, -0.05) is 17.7 Å². The second kappa shape index (κ2) is 7.99. The number of amides is 1. The molecular formula is C13H20ClN3O2. The van der Waals surface area contributed by atoms with Gasteiger partial charge >= 0.3 is 0 Å². The molecule has 3 N–H and O–H groups in total. The van der Waals surface area contributed by atoms with Crippen LogP contribution in [0.2, 0.25) is 5.02 Å². The van der Waals surface area contributed by atoms with Crippen molar-refractivity contribution < 1.29 is 9.53 Å². The van der Waals surface area contributed by atoms with E-state index in [-0.39, 0.29) is 5.91 Å². The van der Waals surface area contributed by atoms with Gasteiger partial charge in [0.15, 0.2) is 0 Å². The van der Waals surface area contributed by atoms with Crippen molar-refractivity contribution in [1.29, 1.82) is 0 Å². The number of hydrogen-bond acceptors (Lipinski definition) is 4. The number of nitrogens with one attached hydrogen (secondary N) is 1. The quantitative estimate of drug-likeness (QED) is 0.740. The number of carbonyl (C=O) groups excluding carboxylic acids is 1. The van der Waals surface area contributed by atoms with Crippen LogP contribution in [0.15, 0.2) is 18.2 Å². The summed E-state index contributed by atoms with van der Waals surface area (Å²) in [6.45, 7) is 2.79. The van der Waals surface area contributed by atoms with Gasteiger partial charge in [0.1, 0.15) is 0 Å². The lowest BCUT2D eigenvalue weighted by Crippen LogP contribution is -2.34. The van der Waals surface area contributed by atoms with E-state index in [2.05, 4.69) is 10.2 Å². The molecule has 0 heterocycles. The smallest absolute Gasteiger partial charge is 0.252 e. The van der Waals surface area contributed by atoms with E-state index in [9.17, 15) is 4.79 Å². The fourth-order valence-electron chi connectivity index (χ4n) is 1.54. The lowest BCUT2D eigenvalue weighted by molar-refractivity contribution is 0.0947. The molecule has 106 valence electrons. The standard InChI is InChI=1S/C13H20ClN3O2/c1-17(8-9-19-2)7-6-16-13(18)10-4-3-5-11(15)12(10)14/h3-5H,6-9,15H2,1-2H3,(H,16,18). The molecule has 0 aliphatic carbocycles. The van der Waals surface area contributed by atoms with Gasteiger partial charge in [-0.2, -0.15) is 0 Å². The summed E-state index contributed by atoms with van der Waals surface area (Å²) >= 11 is 5.99. The third-order valence-corrected chi connectivity index (χ3v) is 3.15. The van der Waals surface area contributed by atoms with Crippen molar-refractivity contribution in [3.8, 4) is 0 Å². The summed E-state index contributed by atoms with van der Waals surface area (Å²) in [5, 5.41) is 3.11. The third kappa shape index (κ3) is 5.06. The van der Waals surface area contributed by atoms with Gasteiger partial charge in [-0.05, 0) is 19.2 Å². The molecule has 0 aliphatic heterocycles. The molecule has 1 amide bonds. The number of methoxy groups -OCH3 is 1. The molecule has 0 saturated carbocycles. The molecule has 5 nitrogen and oxygen atoms in total. The summed E-state index contributed by atoms with van der Waals surface area (Å²) < 4.78 is 4.98. The average Bonchev–Trinajstić information content (AvgIpc) is 2.39. The average molecular weight is 286 g/mol. The Morgan fingerprint density at radius 3 is 2.89 bits per heavy atom. The number of nitrogens with zero attached hydrogens (tertiary/aromatic N) is 1. The second-order valence-corrected chi connectivity index (χ2v) is 4.64. The number of likely N-dealkylation sites (N-methyl/N-ethyl adjacent to an activating group) is 1. The Morgan fingerprint density at radius 1 is 1.47 bits per heavy atom. The maximum absolute atomic E-state index is 11.9. The van der Waals surface area contributed by atoms with Crippen molar-refractivity contribution in [1.82, 2.24) is 10.2 Å². The lowest BCUT2D eigenvalue weighted by Gasteiger charge is -2.16. The molecule has 0 fully saturated rings. The van der Waals surface area contributed by atoms with Crippen LogP contribution >= 0.6 is 11.6 Å². The molecule has 0 atom stereocenters. The number of nitrogens with two attached hydrogens (primary N) is 1. The zero-order valence-electron chi connectivity index (χ0n) is 11.3. The maximum atomic E-state index is 11.9. The Bertz CT molecular complexity index is 426. The van der Waals surface area contributed by atoms with Crippen molar-refractivity contribution in [3.05, 3.63) is 28.8 Å². The number of anilines is 1. The molecule has 0 bridgehead atoms. The van der Waals surface area contributed by atoms with Crippen LogP contribution < -0.4 is 11.1 Å². The fraction of sp³-hybridized carbons (Fsp3) is 0.462. The van der Waals surface area contributed by atoms with E-state index in [0.29, 0.717) is 29.4 Å². The van der Waals surface area contributed by atoms with E-state index in [1.54, 1.807) is 25.3 Å². The van der Waals surface area contributed by atoms with Crippen molar-refractivity contribution in [2.45, 2.75) is 0 Å². The molecule has 0 radical (unpaired) electrons. The number of carbonyl (C=O) groups is 1. The van der Waals surface area contributed by atoms with Crippen molar-refractivity contribution in [2.24, 2.45) is 0 Å². The van der Waals surface area contributed by atoms with Crippen LogP contribution in [0.25, 0.3) is 0 Å². The fourth-order valence-corrected chi connectivity index (χ4v) is 1.75. The Balaban J connectivity index is 2.41. The van der Waals surface area contributed by atoms with Gasteiger partial charge in [-0.15, -0.1) is 0 Å². The monoisotopic (exact) mass is 285 g/mol. The number of rotatable bonds is 7. The minimum Gasteiger partial charge on any atom is -0.398 e. The summed E-state index contributed by atoms with van der Waals surface area (Å²) in [6.07, 6.45) is 0. The molecular weight excluding hydrogens is 266 g/mol. The summed E-state index contributed by atoms with van der Waals surface area (Å²) in [6, 6.07) is 5.03. The molecule has 0 saturated heterocycles. The Hall–Kier alpha value is -1.30. The molecule has 1 aromatic carbocycles. The summed E-state index contributed by atoms with van der Waals surface area (Å²) in [5.74, 6) is -0.211. The predicted molar refractivity (Wildman–Crippen MR) is 77.6 cm³/mol. The highest BCUT2D eigenvalue weighted by Gasteiger charge is 2.11. The number of benzene rings is 1. The minimum atomic E-state index is -0.211. The first-order chi connectivity index (χ1) is 9.06. The van der Waals surface area contributed by atoms with Gasteiger partial charge in [0.05, 0.1) is 22.9 Å². The first-order valence-electron chi connectivity index (χ1n) is 6.06. The Labute approximate surface area is 118 Å². The molecule has 19 heavy (non-hydrogen) atoms. The van der Waals surface area contributed by atoms with Crippen LogP contribution in [-0.4, -0.2) is 51.2 Å². The number of halogens is 1. The summed E-state index contributed by atoms with van der Waals surface area (Å²) in [4.78, 5) is 14.0. The summed E-state index contributed by atoms with van der Waals surface area (Å²) in [5.41, 5.74) is 6.47. The van der Waals surface area contributed by atoms with Gasteiger partial charge in [-0.3, -0.25) is 4.79 Å². The molecule has 0 unspecified atom stereocenters. The molecule has 0 aromatic heterocycles. The molecule has 1 aromatic rings. The molecule has 0 spiro atoms. The van der Waals surface area contributed by atoms with E-state index < -0.39 is 0 Å². The second-order valence-electron chi connectivity index (χ2n) is 4.26. The first-order valence-corrected chi connectivity index (χ1v) is 6.43. The van der Waals surface area contributed by atoms with Crippen LogP contribution in [0.5, 0.6) is 0 Å². The van der Waals surface area contributed by atoms with Crippen molar-refractivity contribution >= 4 is 23.2 Å². The van der Waals surface area contributed by atoms with Crippen molar-refractivity contribution in [2.75, 3.05) is 46.1 Å². The van der Waals surface area contributed by atoms with E-state index in [0.717, 1.165) is 13.1 Å². The SMILES string of the molecule is COCCN(C)CCNC(=O)c1cccc(N)c1Cl. The Morgan fingerprint density at radius 2 is 2.21 bits per heavy atom. The number of hydrogen-bond donors (Lipinski definition) is 2. The normalized spacial score (nSPS) is 10.7. The molecule has 0 aliphatic rings. The zero-order chi connectivity index (χ0) is 14.3. The topological polar surface area (TPSA) is 67.6 Å². The van der Waals surface area contributed by atoms with Gasteiger partial charge in [-0.25, -0.2) is 0 Å². The highest BCUT2D eigenvalue weighted by atomic mass is 35.5. The largest absolute Gasteiger partial charge is 0.398 e. The highest BCUT2D eigenvalue weighted by Crippen LogP contribution is 2.22. The van der Waals surface area contributed by atoms with Crippen molar-refractivity contribution in [3.63, 3.8) is 0 Å². The maximum Gasteiger partial charge on any atom is 0.252 e. The van der Waals surface area contributed by atoms with Gasteiger partial charge in [0.2, 0.25) is 0 Å². The summed E-state index contributed by atoms with van der Waals surface area (Å²) in [7, 11) is 3.64. The number of ether oxygens (including phenoxy) is 1. The molecule has 6 heteroatoms. The number of nitrogen functional groups attached to an aromatic ring is 1. The van der Waals surface area contributed by atoms with Gasteiger partial charge in [0.25, 0.3) is 5.91 Å². The van der Waals surface area contributed by atoms with Crippen LogP contribution in [0.1, 0.15) is 10.4 Å². The third-order valence-electron chi connectivity index (χ3n) is 2.73. The van der Waals surface area contributed by atoms with E-state index in [4.69, 9.17) is 22.1 Å². The predicted octanol–water partition coefficient (Wildman–Crippen LogP) is 1.23. The van der Waals surface area contributed by atoms with Gasteiger partial charge in [0, 0.05) is 26.7 Å². The van der Waals surface area contributed by atoms with Crippen LogP contribution in [0.4, 0.5) is 5.69 Å². The molecule has 1 rings (SSSR count).